The highest BCUT2D eigenvalue weighted by Crippen LogP contribution is 2.39. The van der Waals surface area contributed by atoms with Gasteiger partial charge in [-0.3, -0.25) is 14.5 Å². The lowest BCUT2D eigenvalue weighted by molar-refractivity contribution is -0.113. The number of nitrogens with one attached hydrogen (secondary N) is 1. The lowest BCUT2D eigenvalue weighted by atomic mass is 10.1. The molecule has 6 nitrogen and oxygen atoms in total. The molecule has 1 saturated heterocycles. The Labute approximate surface area is 223 Å². The van der Waals surface area contributed by atoms with Crippen LogP contribution in [0.5, 0.6) is 0 Å². The van der Waals surface area contributed by atoms with E-state index in [1.54, 1.807) is 4.90 Å². The molecule has 2 aliphatic heterocycles. The second kappa shape index (κ2) is 9.56. The Balaban J connectivity index is 1.62. The van der Waals surface area contributed by atoms with Gasteiger partial charge >= 0.3 is 0 Å². The maximum atomic E-state index is 13.6. The van der Waals surface area contributed by atoms with Crippen LogP contribution in [0.2, 0.25) is 0 Å². The van der Waals surface area contributed by atoms with Crippen LogP contribution in [0.1, 0.15) is 22.3 Å². The third-order valence-electron chi connectivity index (χ3n) is 5.55. The van der Waals surface area contributed by atoms with Gasteiger partial charge in [0.05, 0.1) is 16.3 Å². The van der Waals surface area contributed by atoms with E-state index < -0.39 is 0 Å². The average Bonchev–Trinajstić information content (AvgIpc) is 3.28. The smallest absolute Gasteiger partial charge is 0.276 e. The van der Waals surface area contributed by atoms with E-state index in [0.29, 0.717) is 21.3 Å². The van der Waals surface area contributed by atoms with E-state index in [2.05, 4.69) is 47.4 Å². The Kier molecular flexibility index (Phi) is 6.48. The summed E-state index contributed by atoms with van der Waals surface area (Å²) in [5.41, 5.74) is 5.07. The number of fused-ring (bicyclic) bond motifs is 1. The third kappa shape index (κ3) is 4.63. The van der Waals surface area contributed by atoms with Crippen LogP contribution in [0.4, 0.5) is 11.4 Å². The van der Waals surface area contributed by atoms with Crippen LogP contribution in [0.25, 0.3) is 6.08 Å². The zero-order chi connectivity index (χ0) is 24.7. The number of rotatable bonds is 3. The summed E-state index contributed by atoms with van der Waals surface area (Å²) in [5, 5.41) is 11.9. The summed E-state index contributed by atoms with van der Waals surface area (Å²) in [7, 11) is 0. The first kappa shape index (κ1) is 23.7. The molecule has 3 aromatic rings. The number of benzene rings is 3. The van der Waals surface area contributed by atoms with Crippen LogP contribution in [0.3, 0.4) is 0 Å². The van der Waals surface area contributed by atoms with Crippen molar-refractivity contribution in [3.63, 3.8) is 0 Å². The molecule has 0 bridgehead atoms. The molecule has 0 atom stereocenters. The Hall–Kier alpha value is -3.01. The summed E-state index contributed by atoms with van der Waals surface area (Å²) in [6.45, 7) is 3.91. The SMILES string of the molecule is Cc1cccc(C)c1N1C(=O)C(=Cc2cccc(Br)c2)SC1=NN=C1C(=O)Nc2ccc(Br)cc21. The van der Waals surface area contributed by atoms with Gasteiger partial charge in [-0.15, -0.1) is 10.2 Å². The minimum Gasteiger partial charge on any atom is -0.320 e. The normalized spacial score (nSPS) is 18.6. The minimum absolute atomic E-state index is 0.189. The minimum atomic E-state index is -0.333. The molecule has 0 radical (unpaired) electrons. The van der Waals surface area contributed by atoms with Gasteiger partial charge in [0.25, 0.3) is 11.8 Å². The van der Waals surface area contributed by atoms with E-state index in [1.807, 2.05) is 80.6 Å². The first-order valence-electron chi connectivity index (χ1n) is 10.6. The number of amidine groups is 1. The van der Waals surface area contributed by atoms with E-state index in [-0.39, 0.29) is 17.5 Å². The summed E-state index contributed by atoms with van der Waals surface area (Å²) in [6, 6.07) is 19.1. The van der Waals surface area contributed by atoms with E-state index in [1.165, 1.54) is 11.8 Å². The molecule has 2 heterocycles. The zero-order valence-corrected chi connectivity index (χ0v) is 22.7. The van der Waals surface area contributed by atoms with Crippen molar-refractivity contribution in [3.8, 4) is 0 Å². The molecule has 1 fully saturated rings. The lowest BCUT2D eigenvalue weighted by Crippen LogP contribution is -2.30. The van der Waals surface area contributed by atoms with Crippen molar-refractivity contribution >= 4 is 83.8 Å². The topological polar surface area (TPSA) is 74.1 Å². The average molecular weight is 610 g/mol. The van der Waals surface area contributed by atoms with Crippen LogP contribution in [0, 0.1) is 13.8 Å². The highest BCUT2D eigenvalue weighted by molar-refractivity contribution is 9.10. The number of amides is 2. The van der Waals surface area contributed by atoms with E-state index in [9.17, 15) is 9.59 Å². The Morgan fingerprint density at radius 2 is 1.63 bits per heavy atom. The van der Waals surface area contributed by atoms with Crippen molar-refractivity contribution in [1.82, 2.24) is 0 Å². The molecule has 0 aliphatic carbocycles. The third-order valence-corrected chi connectivity index (χ3v) is 7.50. The Morgan fingerprint density at radius 1 is 0.914 bits per heavy atom. The van der Waals surface area contributed by atoms with Crippen molar-refractivity contribution < 1.29 is 9.59 Å². The molecule has 9 heteroatoms. The van der Waals surface area contributed by atoms with Gasteiger partial charge in [0.1, 0.15) is 0 Å². The van der Waals surface area contributed by atoms with Crippen LogP contribution < -0.4 is 10.2 Å². The standard InChI is InChI=1S/C26H18Br2N4O2S/c1-14-5-3-6-15(2)23(14)32-25(34)21(12-16-7-4-8-17(27)11-16)35-26(32)31-30-22-19-13-18(28)9-10-20(19)29-24(22)33/h3-13H,1-2H3,(H,29,30,33). The number of hydrogen-bond acceptors (Lipinski definition) is 5. The highest BCUT2D eigenvalue weighted by Gasteiger charge is 2.37. The number of aryl methyl sites for hydroxylation is 2. The highest BCUT2D eigenvalue weighted by atomic mass is 79.9. The number of para-hydroxylation sites is 1. The van der Waals surface area contributed by atoms with Gasteiger partial charge in [0, 0.05) is 14.5 Å². The molecule has 5 rings (SSSR count). The van der Waals surface area contributed by atoms with Gasteiger partial charge in [-0.05, 0) is 78.7 Å². The number of anilines is 2. The summed E-state index contributed by atoms with van der Waals surface area (Å²) < 4.78 is 1.75. The summed E-state index contributed by atoms with van der Waals surface area (Å²) in [6.07, 6.45) is 1.84. The quantitative estimate of drug-likeness (QED) is 0.266. The van der Waals surface area contributed by atoms with Gasteiger partial charge in [0.2, 0.25) is 5.17 Å². The predicted molar refractivity (Wildman–Crippen MR) is 150 cm³/mol. The fourth-order valence-corrected chi connectivity index (χ4v) is 5.66. The van der Waals surface area contributed by atoms with Crippen LogP contribution >= 0.6 is 43.6 Å². The fourth-order valence-electron chi connectivity index (χ4n) is 3.96. The van der Waals surface area contributed by atoms with Crippen molar-refractivity contribution in [3.05, 3.63) is 96.8 Å². The summed E-state index contributed by atoms with van der Waals surface area (Å²) >= 11 is 8.15. The van der Waals surface area contributed by atoms with Gasteiger partial charge in [-0.25, -0.2) is 0 Å². The maximum Gasteiger partial charge on any atom is 0.276 e. The zero-order valence-electron chi connectivity index (χ0n) is 18.7. The molecular formula is C26H18Br2N4O2S. The van der Waals surface area contributed by atoms with Gasteiger partial charge in [-0.1, -0.05) is 62.2 Å². The van der Waals surface area contributed by atoms with Crippen LogP contribution in [0.15, 0.2) is 84.7 Å². The van der Waals surface area contributed by atoms with E-state index >= 15 is 0 Å². The number of carbonyl (C=O) groups is 2. The molecule has 0 unspecified atom stereocenters. The van der Waals surface area contributed by atoms with Crippen molar-refractivity contribution in [2.75, 3.05) is 10.2 Å². The summed E-state index contributed by atoms with van der Waals surface area (Å²) in [5.74, 6) is -0.523. The monoisotopic (exact) mass is 608 g/mol. The molecule has 0 aromatic heterocycles. The molecule has 2 amide bonds. The Morgan fingerprint density at radius 3 is 2.37 bits per heavy atom. The number of hydrogen-bond donors (Lipinski definition) is 1. The van der Waals surface area contributed by atoms with Crippen LogP contribution in [-0.2, 0) is 9.59 Å². The fraction of sp³-hybridized carbons (Fsp3) is 0.0769. The molecule has 174 valence electrons. The lowest BCUT2D eigenvalue weighted by Gasteiger charge is -2.19. The molecule has 0 spiro atoms. The summed E-state index contributed by atoms with van der Waals surface area (Å²) in [4.78, 5) is 28.3. The molecule has 1 N–H and O–H groups in total. The number of thioether (sulfide) groups is 1. The molecule has 2 aliphatic rings. The van der Waals surface area contributed by atoms with E-state index in [4.69, 9.17) is 0 Å². The number of halogens is 2. The Bertz CT molecular complexity index is 1480. The first-order valence-corrected chi connectivity index (χ1v) is 13.0. The van der Waals surface area contributed by atoms with Crippen LogP contribution in [-0.4, -0.2) is 22.7 Å². The van der Waals surface area contributed by atoms with Crippen molar-refractivity contribution in [2.24, 2.45) is 10.2 Å². The predicted octanol–water partition coefficient (Wildman–Crippen LogP) is 6.66. The second-order valence-corrected chi connectivity index (χ2v) is 10.9. The van der Waals surface area contributed by atoms with E-state index in [0.717, 1.165) is 31.3 Å². The van der Waals surface area contributed by atoms with Crippen molar-refractivity contribution in [1.29, 1.82) is 0 Å². The molecular weight excluding hydrogens is 592 g/mol. The largest absolute Gasteiger partial charge is 0.320 e. The molecule has 0 saturated carbocycles. The second-order valence-electron chi connectivity index (χ2n) is 8.02. The van der Waals surface area contributed by atoms with Gasteiger partial charge in [0.15, 0.2) is 5.71 Å². The number of nitrogens with zero attached hydrogens (tertiary/aromatic N) is 3. The maximum absolute atomic E-state index is 13.6. The van der Waals surface area contributed by atoms with Crippen molar-refractivity contribution in [2.45, 2.75) is 13.8 Å². The van der Waals surface area contributed by atoms with Gasteiger partial charge in [-0.2, -0.15) is 0 Å². The van der Waals surface area contributed by atoms with Gasteiger partial charge < -0.3 is 5.32 Å². The molecule has 35 heavy (non-hydrogen) atoms. The first-order chi connectivity index (χ1) is 16.8. The molecule has 3 aromatic carbocycles. The number of carbonyl (C=O) groups excluding carboxylic acids is 2.